The summed E-state index contributed by atoms with van der Waals surface area (Å²) in [5.41, 5.74) is 3.93. The van der Waals surface area contributed by atoms with Gasteiger partial charge in [0.25, 0.3) is 0 Å². The zero-order valence-corrected chi connectivity index (χ0v) is 20.4. The van der Waals surface area contributed by atoms with Gasteiger partial charge in [0.15, 0.2) is 11.5 Å². The van der Waals surface area contributed by atoms with E-state index in [1.807, 2.05) is 24.3 Å². The minimum atomic E-state index is 0.0580. The molecule has 1 aromatic heterocycles. The summed E-state index contributed by atoms with van der Waals surface area (Å²) >= 11 is 0. The highest BCUT2D eigenvalue weighted by molar-refractivity contribution is 5.70. The van der Waals surface area contributed by atoms with E-state index in [4.69, 9.17) is 14.2 Å². The number of nitriles is 1. The van der Waals surface area contributed by atoms with Crippen LogP contribution in [0.5, 0.6) is 11.5 Å². The standard InChI is InChI=1S/C27H30N6O3/c1-34-25-17-19(16-20(18-28)26(25)36-23-6-9-29-10-7-23)24-8-11-30-27(32-24)31-21-2-4-22(5-3-21)33-12-14-35-15-13-33/h2-5,8,11,16-17,23,29H,6-7,9-10,12-15H2,1H3,(H,30,31,32). The van der Waals surface area contributed by atoms with Crippen LogP contribution in [0.15, 0.2) is 48.7 Å². The van der Waals surface area contributed by atoms with E-state index in [0.717, 1.165) is 63.5 Å². The molecule has 0 atom stereocenters. The van der Waals surface area contributed by atoms with Crippen molar-refractivity contribution in [2.45, 2.75) is 18.9 Å². The van der Waals surface area contributed by atoms with Gasteiger partial charge in [-0.15, -0.1) is 0 Å². The molecule has 3 heterocycles. The molecule has 0 amide bonds. The van der Waals surface area contributed by atoms with Gasteiger partial charge in [0.2, 0.25) is 5.95 Å². The predicted molar refractivity (Wildman–Crippen MR) is 138 cm³/mol. The van der Waals surface area contributed by atoms with Gasteiger partial charge in [0.05, 0.1) is 31.6 Å². The van der Waals surface area contributed by atoms with E-state index in [-0.39, 0.29) is 6.10 Å². The monoisotopic (exact) mass is 486 g/mol. The topological polar surface area (TPSA) is 105 Å². The lowest BCUT2D eigenvalue weighted by Crippen LogP contribution is -2.36. The molecule has 0 radical (unpaired) electrons. The van der Waals surface area contributed by atoms with E-state index in [1.54, 1.807) is 19.4 Å². The molecule has 0 aliphatic carbocycles. The fourth-order valence-corrected chi connectivity index (χ4v) is 4.47. The molecule has 36 heavy (non-hydrogen) atoms. The molecule has 5 rings (SSSR count). The van der Waals surface area contributed by atoms with Crippen LogP contribution in [0, 0.1) is 11.3 Å². The van der Waals surface area contributed by atoms with Crippen molar-refractivity contribution in [1.82, 2.24) is 15.3 Å². The zero-order valence-electron chi connectivity index (χ0n) is 20.4. The van der Waals surface area contributed by atoms with Gasteiger partial charge in [-0.05, 0) is 68.4 Å². The molecule has 0 unspecified atom stereocenters. The summed E-state index contributed by atoms with van der Waals surface area (Å²) in [7, 11) is 1.59. The first-order chi connectivity index (χ1) is 17.7. The number of nitrogens with one attached hydrogen (secondary N) is 2. The average Bonchev–Trinajstić information content (AvgIpc) is 2.94. The number of anilines is 3. The van der Waals surface area contributed by atoms with Crippen LogP contribution >= 0.6 is 0 Å². The van der Waals surface area contributed by atoms with Crippen molar-refractivity contribution in [3.63, 3.8) is 0 Å². The Kier molecular flexibility index (Phi) is 7.45. The lowest BCUT2D eigenvalue weighted by atomic mass is 10.1. The molecular weight excluding hydrogens is 456 g/mol. The Bertz CT molecular complexity index is 1220. The molecule has 2 saturated heterocycles. The Balaban J connectivity index is 1.35. The summed E-state index contributed by atoms with van der Waals surface area (Å²) in [5, 5.41) is 16.5. The highest BCUT2D eigenvalue weighted by Gasteiger charge is 2.21. The maximum Gasteiger partial charge on any atom is 0.227 e. The van der Waals surface area contributed by atoms with Gasteiger partial charge in [-0.25, -0.2) is 9.97 Å². The van der Waals surface area contributed by atoms with Crippen LogP contribution in [0.4, 0.5) is 17.3 Å². The Morgan fingerprint density at radius 3 is 2.61 bits per heavy atom. The third-order valence-electron chi connectivity index (χ3n) is 6.42. The molecule has 2 N–H and O–H groups in total. The third kappa shape index (κ3) is 5.51. The molecule has 0 bridgehead atoms. The van der Waals surface area contributed by atoms with Crippen molar-refractivity contribution in [1.29, 1.82) is 5.26 Å². The summed E-state index contributed by atoms with van der Waals surface area (Å²) in [6.07, 6.45) is 3.54. The maximum atomic E-state index is 9.85. The molecular formula is C27H30N6O3. The van der Waals surface area contributed by atoms with Gasteiger partial charge in [0.1, 0.15) is 12.2 Å². The molecule has 2 aliphatic heterocycles. The number of hydrogen-bond acceptors (Lipinski definition) is 9. The number of morpholine rings is 1. The van der Waals surface area contributed by atoms with Gasteiger partial charge in [-0.2, -0.15) is 5.26 Å². The molecule has 3 aromatic rings. The Morgan fingerprint density at radius 2 is 1.89 bits per heavy atom. The van der Waals surface area contributed by atoms with Crippen LogP contribution in [-0.4, -0.2) is 62.6 Å². The van der Waals surface area contributed by atoms with Gasteiger partial charge in [0, 0.05) is 36.2 Å². The van der Waals surface area contributed by atoms with Crippen molar-refractivity contribution in [2.75, 3.05) is 56.7 Å². The second kappa shape index (κ2) is 11.2. The summed E-state index contributed by atoms with van der Waals surface area (Å²) in [4.78, 5) is 11.4. The van der Waals surface area contributed by atoms with Gasteiger partial charge >= 0.3 is 0 Å². The average molecular weight is 487 g/mol. The number of ether oxygens (including phenoxy) is 3. The van der Waals surface area contributed by atoms with Crippen LogP contribution in [0.3, 0.4) is 0 Å². The number of aromatic nitrogens is 2. The largest absolute Gasteiger partial charge is 0.493 e. The SMILES string of the molecule is COc1cc(-c2ccnc(Nc3ccc(N4CCOCC4)cc3)n2)cc(C#N)c1OC1CCNCC1. The number of methoxy groups -OCH3 is 1. The van der Waals surface area contributed by atoms with Gasteiger partial charge in [-0.3, -0.25) is 0 Å². The highest BCUT2D eigenvalue weighted by atomic mass is 16.5. The molecule has 2 aliphatic rings. The minimum Gasteiger partial charge on any atom is -0.493 e. The van der Waals surface area contributed by atoms with E-state index in [0.29, 0.717) is 28.7 Å². The summed E-state index contributed by atoms with van der Waals surface area (Å²) < 4.78 is 17.3. The van der Waals surface area contributed by atoms with Crippen LogP contribution in [0.25, 0.3) is 11.3 Å². The zero-order chi connectivity index (χ0) is 24.7. The van der Waals surface area contributed by atoms with E-state index >= 15 is 0 Å². The van der Waals surface area contributed by atoms with E-state index in [2.05, 4.69) is 43.7 Å². The minimum absolute atomic E-state index is 0.0580. The maximum absolute atomic E-state index is 9.85. The molecule has 9 heteroatoms. The predicted octanol–water partition coefficient (Wildman–Crippen LogP) is 3.73. The van der Waals surface area contributed by atoms with E-state index < -0.39 is 0 Å². The van der Waals surface area contributed by atoms with Crippen molar-refractivity contribution in [2.24, 2.45) is 0 Å². The van der Waals surface area contributed by atoms with Crippen molar-refractivity contribution in [3.05, 3.63) is 54.2 Å². The second-order valence-corrected chi connectivity index (χ2v) is 8.77. The van der Waals surface area contributed by atoms with Gasteiger partial charge in [-0.1, -0.05) is 0 Å². The Labute approximate surface area is 211 Å². The third-order valence-corrected chi connectivity index (χ3v) is 6.42. The van der Waals surface area contributed by atoms with Crippen LogP contribution in [-0.2, 0) is 4.74 Å². The fourth-order valence-electron chi connectivity index (χ4n) is 4.47. The molecule has 2 aromatic carbocycles. The number of nitrogens with zero attached hydrogens (tertiary/aromatic N) is 4. The summed E-state index contributed by atoms with van der Waals surface area (Å²) in [5.74, 6) is 1.48. The van der Waals surface area contributed by atoms with Crippen LogP contribution in [0.2, 0.25) is 0 Å². The molecule has 9 nitrogen and oxygen atoms in total. The number of benzene rings is 2. The van der Waals surface area contributed by atoms with Gasteiger partial charge < -0.3 is 29.7 Å². The molecule has 0 spiro atoms. The van der Waals surface area contributed by atoms with Crippen molar-refractivity contribution < 1.29 is 14.2 Å². The number of hydrogen-bond donors (Lipinski definition) is 2. The number of rotatable bonds is 7. The first-order valence-electron chi connectivity index (χ1n) is 12.3. The normalized spacial score (nSPS) is 16.3. The lowest BCUT2D eigenvalue weighted by Gasteiger charge is -2.28. The summed E-state index contributed by atoms with van der Waals surface area (Å²) in [6, 6.07) is 15.9. The number of piperidine rings is 1. The second-order valence-electron chi connectivity index (χ2n) is 8.77. The lowest BCUT2D eigenvalue weighted by molar-refractivity contribution is 0.122. The quantitative estimate of drug-likeness (QED) is 0.517. The smallest absolute Gasteiger partial charge is 0.227 e. The van der Waals surface area contributed by atoms with Crippen LogP contribution < -0.4 is 25.0 Å². The molecule has 2 fully saturated rings. The first-order valence-corrected chi connectivity index (χ1v) is 12.3. The van der Waals surface area contributed by atoms with Crippen molar-refractivity contribution in [3.8, 4) is 28.8 Å². The molecule has 186 valence electrons. The molecule has 0 saturated carbocycles. The summed E-state index contributed by atoms with van der Waals surface area (Å²) in [6.45, 7) is 5.11. The first kappa shape index (κ1) is 23.9. The van der Waals surface area contributed by atoms with Crippen molar-refractivity contribution >= 4 is 17.3 Å². The Morgan fingerprint density at radius 1 is 1.11 bits per heavy atom. The van der Waals surface area contributed by atoms with E-state index in [1.165, 1.54) is 5.69 Å². The van der Waals surface area contributed by atoms with Crippen LogP contribution in [0.1, 0.15) is 18.4 Å². The Hall–Kier alpha value is -3.87. The fraction of sp³-hybridized carbons (Fsp3) is 0.370. The van der Waals surface area contributed by atoms with E-state index in [9.17, 15) is 5.26 Å². The highest BCUT2D eigenvalue weighted by Crippen LogP contribution is 2.37.